The smallest absolute Gasteiger partial charge is 0.435 e. The molecule has 0 spiro atoms. The molecule has 2 aromatic carbocycles. The first-order valence-electron chi connectivity index (χ1n) is 9.10. The summed E-state index contributed by atoms with van der Waals surface area (Å²) in [6.07, 6.45) is -11.9. The number of carbonyl (C=O) groups excluding carboxylic acids is 1. The lowest BCUT2D eigenvalue weighted by atomic mass is 9.93. The summed E-state index contributed by atoms with van der Waals surface area (Å²) in [5, 5.41) is 14.3. The van der Waals surface area contributed by atoms with Crippen LogP contribution in [0.15, 0.2) is 53.1 Å². The van der Waals surface area contributed by atoms with Crippen molar-refractivity contribution in [1.82, 2.24) is 0 Å². The van der Waals surface area contributed by atoms with Crippen molar-refractivity contribution in [2.75, 3.05) is 5.32 Å². The maximum absolute atomic E-state index is 14.4. The zero-order valence-electron chi connectivity index (χ0n) is 16.6. The summed E-state index contributed by atoms with van der Waals surface area (Å²) < 4.78 is 122. The van der Waals surface area contributed by atoms with Crippen LogP contribution in [0.3, 0.4) is 0 Å². The number of nitrogens with one attached hydrogen (secondary N) is 1. The molecule has 3 rings (SSSR count). The molecular formula is C20H10BrF9N2O3. The summed E-state index contributed by atoms with van der Waals surface area (Å²) in [5.74, 6) is -2.48. The summed E-state index contributed by atoms with van der Waals surface area (Å²) in [7, 11) is 0. The monoisotopic (exact) mass is 576 g/mol. The Hall–Kier alpha value is -3.23. The number of carbonyl (C=O) groups is 1. The number of anilines is 1. The van der Waals surface area contributed by atoms with E-state index in [1.54, 1.807) is 6.07 Å². The summed E-state index contributed by atoms with van der Waals surface area (Å²) in [6.45, 7) is -3.77. The fraction of sp³-hybridized carbons (Fsp3) is 0.200. The number of amides is 1. The van der Waals surface area contributed by atoms with Crippen LogP contribution in [0.4, 0.5) is 45.2 Å². The molecule has 0 unspecified atom stereocenters. The molecule has 1 N–H and O–H groups in total. The third-order valence-corrected chi connectivity index (χ3v) is 5.34. The highest BCUT2D eigenvalue weighted by Gasteiger charge is 2.73. The minimum absolute atomic E-state index is 0.0242. The molecule has 1 amide bonds. The van der Waals surface area contributed by atoms with Gasteiger partial charge in [0.05, 0.1) is 5.69 Å². The van der Waals surface area contributed by atoms with Crippen LogP contribution in [0.2, 0.25) is 0 Å². The van der Waals surface area contributed by atoms with Crippen molar-refractivity contribution in [3.8, 4) is 5.75 Å². The predicted octanol–water partition coefficient (Wildman–Crippen LogP) is 6.38. The maximum atomic E-state index is 14.4. The van der Waals surface area contributed by atoms with E-state index in [-0.39, 0.29) is 23.2 Å². The van der Waals surface area contributed by atoms with E-state index in [1.165, 1.54) is 18.2 Å². The number of fused-ring (bicyclic) bond motifs is 1. The van der Waals surface area contributed by atoms with Crippen LogP contribution in [0.5, 0.6) is 5.75 Å². The molecular weight excluding hydrogens is 567 g/mol. The highest BCUT2D eigenvalue weighted by atomic mass is 79.9. The quantitative estimate of drug-likeness (QED) is 0.218. The largest absolute Gasteiger partial charge is 0.618 e. The Kier molecular flexibility index (Phi) is 6.85. The molecule has 5 nitrogen and oxygen atoms in total. The Bertz CT molecular complexity index is 1270. The van der Waals surface area contributed by atoms with Crippen molar-refractivity contribution in [2.24, 2.45) is 0 Å². The third-order valence-electron chi connectivity index (χ3n) is 4.71. The number of hydrogen-bond donors (Lipinski definition) is 1. The number of ether oxygens (including phenoxy) is 1. The van der Waals surface area contributed by atoms with Crippen LogP contribution in [-0.2, 0) is 5.67 Å². The first-order chi connectivity index (χ1) is 16.1. The number of rotatable bonds is 5. The Morgan fingerprint density at radius 1 is 1.00 bits per heavy atom. The van der Waals surface area contributed by atoms with E-state index in [4.69, 9.17) is 0 Å². The van der Waals surface area contributed by atoms with Crippen LogP contribution in [0.1, 0.15) is 15.9 Å². The van der Waals surface area contributed by atoms with Gasteiger partial charge < -0.3 is 15.3 Å². The molecule has 0 saturated carbocycles. The molecule has 15 heteroatoms. The molecule has 3 aromatic rings. The fourth-order valence-corrected chi connectivity index (χ4v) is 3.63. The number of aromatic nitrogens is 1. The molecule has 35 heavy (non-hydrogen) atoms. The van der Waals surface area contributed by atoms with Gasteiger partial charge in [-0.05, 0) is 46.3 Å². The molecule has 0 aliphatic carbocycles. The second-order valence-corrected chi connectivity index (χ2v) is 7.78. The van der Waals surface area contributed by atoms with Crippen LogP contribution >= 0.6 is 15.9 Å². The van der Waals surface area contributed by atoms with Gasteiger partial charge in [-0.25, -0.2) is 4.39 Å². The zero-order chi connectivity index (χ0) is 26.3. The van der Waals surface area contributed by atoms with Gasteiger partial charge >= 0.3 is 24.6 Å². The van der Waals surface area contributed by atoms with Gasteiger partial charge in [-0.1, -0.05) is 0 Å². The average molecular weight is 577 g/mol. The molecule has 0 aliphatic rings. The van der Waals surface area contributed by atoms with Crippen molar-refractivity contribution < 1.29 is 53.8 Å². The number of hydrogen-bond acceptors (Lipinski definition) is 3. The van der Waals surface area contributed by atoms with Gasteiger partial charge in [-0.2, -0.15) is 39.9 Å². The van der Waals surface area contributed by atoms with Crippen LogP contribution in [0.25, 0.3) is 10.9 Å². The average Bonchev–Trinajstić information content (AvgIpc) is 2.73. The molecule has 0 saturated heterocycles. The van der Waals surface area contributed by atoms with E-state index in [9.17, 15) is 49.5 Å². The SMILES string of the molecule is O=C(Nc1c(Br)cc(C(F)(C(F)(F)F)C(F)(F)F)cc1OC(F)F)c1ccc2ccc[n+]([O-])c2c1. The Labute approximate surface area is 197 Å². The van der Waals surface area contributed by atoms with E-state index in [2.05, 4.69) is 20.7 Å². The highest BCUT2D eigenvalue weighted by molar-refractivity contribution is 9.10. The van der Waals surface area contributed by atoms with Gasteiger partial charge in [0.25, 0.3) is 5.91 Å². The van der Waals surface area contributed by atoms with Gasteiger partial charge in [0.2, 0.25) is 5.52 Å². The van der Waals surface area contributed by atoms with Gasteiger partial charge in [-0.15, -0.1) is 0 Å². The molecule has 188 valence electrons. The van der Waals surface area contributed by atoms with E-state index in [0.29, 0.717) is 10.1 Å². The molecule has 0 aliphatic heterocycles. The molecule has 0 fully saturated rings. The lowest BCUT2D eigenvalue weighted by Crippen LogP contribution is -2.50. The van der Waals surface area contributed by atoms with Crippen LogP contribution in [-0.4, -0.2) is 24.9 Å². The second-order valence-electron chi connectivity index (χ2n) is 6.93. The number of halogens is 10. The normalized spacial score (nSPS) is 12.8. The number of benzene rings is 2. The zero-order valence-corrected chi connectivity index (χ0v) is 18.2. The number of alkyl halides is 9. The second kappa shape index (κ2) is 9.09. The van der Waals surface area contributed by atoms with E-state index >= 15 is 0 Å². The van der Waals surface area contributed by atoms with Gasteiger partial charge in [0, 0.05) is 33.1 Å². The van der Waals surface area contributed by atoms with Crippen molar-refractivity contribution >= 4 is 38.4 Å². The number of pyridine rings is 1. The third kappa shape index (κ3) is 4.94. The van der Waals surface area contributed by atoms with Crippen LogP contribution in [0, 0.1) is 5.21 Å². The first kappa shape index (κ1) is 26.4. The van der Waals surface area contributed by atoms with Crippen molar-refractivity contribution in [2.45, 2.75) is 24.6 Å². The molecule has 0 atom stereocenters. The van der Waals surface area contributed by atoms with E-state index in [0.717, 1.165) is 12.3 Å². The van der Waals surface area contributed by atoms with Gasteiger partial charge in [-0.3, -0.25) is 4.79 Å². The summed E-state index contributed by atoms with van der Waals surface area (Å²) in [6, 6.07) is 6.44. The standard InChI is InChI=1S/C20H10BrF9N2O3/c21-12-7-11(18(24,19(25,26)27)20(28,29)30)8-14(35-17(22)23)15(12)31-16(33)10-4-3-9-2-1-5-32(34)13(9)6-10/h1-8,17H,(H,31,33). The summed E-state index contributed by atoms with van der Waals surface area (Å²) in [5.41, 5.74) is -9.07. The summed E-state index contributed by atoms with van der Waals surface area (Å²) in [4.78, 5) is 12.6. The Morgan fingerprint density at radius 3 is 2.20 bits per heavy atom. The molecule has 0 radical (unpaired) electrons. The Morgan fingerprint density at radius 2 is 1.63 bits per heavy atom. The molecule has 1 heterocycles. The lowest BCUT2D eigenvalue weighted by Gasteiger charge is -2.31. The van der Waals surface area contributed by atoms with E-state index < -0.39 is 52.0 Å². The first-order valence-corrected chi connectivity index (χ1v) is 9.90. The highest BCUT2D eigenvalue weighted by Crippen LogP contribution is 2.55. The minimum Gasteiger partial charge on any atom is -0.618 e. The maximum Gasteiger partial charge on any atom is 0.435 e. The van der Waals surface area contributed by atoms with Crippen molar-refractivity contribution in [3.05, 3.63) is 69.5 Å². The van der Waals surface area contributed by atoms with Crippen molar-refractivity contribution in [1.29, 1.82) is 0 Å². The lowest BCUT2D eigenvalue weighted by molar-refractivity contribution is -0.577. The Balaban J connectivity index is 2.10. The predicted molar refractivity (Wildman–Crippen MR) is 107 cm³/mol. The fourth-order valence-electron chi connectivity index (χ4n) is 3.09. The van der Waals surface area contributed by atoms with Crippen molar-refractivity contribution in [3.63, 3.8) is 0 Å². The number of nitrogens with zero attached hydrogens (tertiary/aromatic N) is 1. The molecule has 0 bridgehead atoms. The van der Waals surface area contributed by atoms with Gasteiger partial charge in [0.1, 0.15) is 0 Å². The minimum atomic E-state index is -6.52. The topological polar surface area (TPSA) is 65.3 Å². The van der Waals surface area contributed by atoms with Gasteiger partial charge in [0.15, 0.2) is 11.9 Å². The van der Waals surface area contributed by atoms with Crippen LogP contribution < -0.4 is 14.8 Å². The summed E-state index contributed by atoms with van der Waals surface area (Å²) >= 11 is 2.57. The van der Waals surface area contributed by atoms with E-state index in [1.807, 2.05) is 5.32 Å². The molecule has 1 aromatic heterocycles.